The standard InChI is InChI=1S/C17H19FN2O4S/c1-10-6-17(19-24-10)20-25(21,22)13-4-5-15(14(18)9-13)23-16-8-11-2-3-12(16)7-11/h4-6,9,11-12,16H,2-3,7-8H2,1H3,(H,19,20)/t11?,12-,16-/m0/s1. The molecule has 0 aliphatic heterocycles. The van der Waals surface area contributed by atoms with Gasteiger partial charge in [0.15, 0.2) is 17.4 Å². The fourth-order valence-corrected chi connectivity index (χ4v) is 4.84. The molecule has 2 aliphatic rings. The molecule has 6 nitrogen and oxygen atoms in total. The lowest BCUT2D eigenvalue weighted by molar-refractivity contribution is 0.132. The van der Waals surface area contributed by atoms with Crippen LogP contribution >= 0.6 is 0 Å². The Morgan fingerprint density at radius 3 is 2.72 bits per heavy atom. The number of nitrogens with one attached hydrogen (secondary N) is 1. The van der Waals surface area contributed by atoms with Crippen LogP contribution in [0.1, 0.15) is 31.4 Å². The Morgan fingerprint density at radius 2 is 2.12 bits per heavy atom. The molecule has 134 valence electrons. The van der Waals surface area contributed by atoms with Gasteiger partial charge in [0.05, 0.1) is 4.90 Å². The number of sulfonamides is 1. The number of nitrogens with zero attached hydrogens (tertiary/aromatic N) is 1. The molecule has 1 N–H and O–H groups in total. The summed E-state index contributed by atoms with van der Waals surface area (Å²) >= 11 is 0. The van der Waals surface area contributed by atoms with Crippen molar-refractivity contribution in [2.24, 2.45) is 11.8 Å². The number of halogens is 1. The Labute approximate surface area is 145 Å². The summed E-state index contributed by atoms with van der Waals surface area (Å²) in [4.78, 5) is -0.189. The molecule has 1 heterocycles. The van der Waals surface area contributed by atoms with E-state index < -0.39 is 15.8 Å². The van der Waals surface area contributed by atoms with Crippen molar-refractivity contribution in [3.05, 3.63) is 35.8 Å². The zero-order valence-corrected chi connectivity index (χ0v) is 14.6. The Morgan fingerprint density at radius 1 is 1.28 bits per heavy atom. The zero-order valence-electron chi connectivity index (χ0n) is 13.7. The van der Waals surface area contributed by atoms with Crippen molar-refractivity contribution in [3.8, 4) is 5.75 Å². The van der Waals surface area contributed by atoms with Gasteiger partial charge >= 0.3 is 0 Å². The molecule has 1 unspecified atom stereocenters. The summed E-state index contributed by atoms with van der Waals surface area (Å²) in [5.74, 6) is 1.13. The Bertz CT molecular complexity index is 896. The van der Waals surface area contributed by atoms with E-state index in [9.17, 15) is 12.8 Å². The predicted molar refractivity (Wildman–Crippen MR) is 88.3 cm³/mol. The number of rotatable bonds is 5. The number of hydrogen-bond donors (Lipinski definition) is 1. The maximum absolute atomic E-state index is 14.4. The lowest BCUT2D eigenvalue weighted by Crippen LogP contribution is -2.24. The average molecular weight is 366 g/mol. The van der Waals surface area contributed by atoms with Crippen molar-refractivity contribution in [3.63, 3.8) is 0 Å². The van der Waals surface area contributed by atoms with Gasteiger partial charge < -0.3 is 9.26 Å². The van der Waals surface area contributed by atoms with Crippen LogP contribution in [0.5, 0.6) is 5.75 Å². The highest BCUT2D eigenvalue weighted by atomic mass is 32.2. The highest BCUT2D eigenvalue weighted by Gasteiger charge is 2.41. The largest absolute Gasteiger partial charge is 0.487 e. The molecule has 2 fully saturated rings. The number of aryl methyl sites for hydroxylation is 1. The van der Waals surface area contributed by atoms with Crippen LogP contribution in [-0.2, 0) is 10.0 Å². The maximum atomic E-state index is 14.4. The van der Waals surface area contributed by atoms with Gasteiger partial charge in [-0.3, -0.25) is 4.72 Å². The van der Waals surface area contributed by atoms with Crippen LogP contribution in [-0.4, -0.2) is 19.7 Å². The smallest absolute Gasteiger partial charge is 0.263 e. The van der Waals surface area contributed by atoms with Crippen LogP contribution in [0.2, 0.25) is 0 Å². The van der Waals surface area contributed by atoms with Crippen LogP contribution in [0.25, 0.3) is 0 Å². The molecular weight excluding hydrogens is 347 g/mol. The molecule has 0 radical (unpaired) electrons. The quantitative estimate of drug-likeness (QED) is 0.876. The van der Waals surface area contributed by atoms with Crippen molar-refractivity contribution >= 4 is 15.8 Å². The van der Waals surface area contributed by atoms with Crippen molar-refractivity contribution in [2.45, 2.75) is 43.6 Å². The average Bonchev–Trinajstić information content (AvgIpc) is 3.26. The van der Waals surface area contributed by atoms with E-state index in [2.05, 4.69) is 9.88 Å². The maximum Gasteiger partial charge on any atom is 0.263 e. The van der Waals surface area contributed by atoms with Gasteiger partial charge in [0.25, 0.3) is 10.0 Å². The number of aromatic nitrogens is 1. The van der Waals surface area contributed by atoms with E-state index in [4.69, 9.17) is 9.26 Å². The van der Waals surface area contributed by atoms with E-state index in [0.717, 1.165) is 25.3 Å². The van der Waals surface area contributed by atoms with Gasteiger partial charge in [0, 0.05) is 6.07 Å². The van der Waals surface area contributed by atoms with E-state index in [-0.39, 0.29) is 22.6 Å². The second kappa shape index (κ2) is 6.01. The van der Waals surface area contributed by atoms with Crippen molar-refractivity contribution < 1.29 is 22.1 Å². The van der Waals surface area contributed by atoms with E-state index in [1.165, 1.54) is 24.6 Å². The molecule has 25 heavy (non-hydrogen) atoms. The molecule has 8 heteroatoms. The van der Waals surface area contributed by atoms with Crippen LogP contribution in [0.15, 0.2) is 33.7 Å². The summed E-state index contributed by atoms with van der Waals surface area (Å²) in [6, 6.07) is 5.13. The molecular formula is C17H19FN2O4S. The van der Waals surface area contributed by atoms with Crippen LogP contribution < -0.4 is 9.46 Å². The Kier molecular flexibility index (Phi) is 3.94. The minimum atomic E-state index is -3.94. The van der Waals surface area contributed by atoms with E-state index in [1.807, 2.05) is 0 Å². The van der Waals surface area contributed by atoms with Gasteiger partial charge in [0.1, 0.15) is 11.9 Å². The van der Waals surface area contributed by atoms with Crippen molar-refractivity contribution in [1.29, 1.82) is 0 Å². The Balaban J connectivity index is 1.51. The first kappa shape index (κ1) is 16.4. The summed E-state index contributed by atoms with van der Waals surface area (Å²) < 4.78 is 51.9. The van der Waals surface area contributed by atoms with Crippen molar-refractivity contribution in [1.82, 2.24) is 5.16 Å². The van der Waals surface area contributed by atoms with Crippen LogP contribution in [0.4, 0.5) is 10.2 Å². The number of ether oxygens (including phenoxy) is 1. The summed E-state index contributed by atoms with van der Waals surface area (Å²) in [6.45, 7) is 1.65. The Hall–Kier alpha value is -2.09. The zero-order chi connectivity index (χ0) is 17.6. The minimum Gasteiger partial charge on any atom is -0.487 e. The molecule has 0 saturated heterocycles. The van der Waals surface area contributed by atoms with Crippen LogP contribution in [0, 0.1) is 24.6 Å². The number of anilines is 1. The third-order valence-electron chi connectivity index (χ3n) is 5.03. The summed E-state index contributed by atoms with van der Waals surface area (Å²) in [7, 11) is -3.94. The molecule has 2 saturated carbocycles. The molecule has 4 rings (SSSR count). The monoisotopic (exact) mass is 366 g/mol. The van der Waals surface area contributed by atoms with Crippen LogP contribution in [0.3, 0.4) is 0 Å². The van der Waals surface area contributed by atoms with Gasteiger partial charge in [-0.05, 0) is 62.6 Å². The number of fused-ring (bicyclic) bond motifs is 2. The highest BCUT2D eigenvalue weighted by molar-refractivity contribution is 7.92. The van der Waals surface area contributed by atoms with E-state index >= 15 is 0 Å². The van der Waals surface area contributed by atoms with E-state index in [1.54, 1.807) is 6.92 Å². The number of hydrogen-bond acceptors (Lipinski definition) is 5. The topological polar surface area (TPSA) is 81.4 Å². The van der Waals surface area contributed by atoms with Gasteiger partial charge in [-0.25, -0.2) is 12.8 Å². The number of benzene rings is 1. The fourth-order valence-electron chi connectivity index (χ4n) is 3.85. The highest BCUT2D eigenvalue weighted by Crippen LogP contribution is 2.46. The SMILES string of the molecule is Cc1cc(NS(=O)(=O)c2ccc(O[C@H]3CC4CC[C@H]3C4)c(F)c2)no1. The normalized spacial score (nSPS) is 25.3. The van der Waals surface area contributed by atoms with Gasteiger partial charge in [0.2, 0.25) is 0 Å². The third kappa shape index (κ3) is 3.22. The fraction of sp³-hybridized carbons (Fsp3) is 0.471. The third-order valence-corrected chi connectivity index (χ3v) is 6.38. The second-order valence-electron chi connectivity index (χ2n) is 6.85. The first-order valence-electron chi connectivity index (χ1n) is 8.33. The second-order valence-corrected chi connectivity index (χ2v) is 8.53. The molecule has 1 aromatic heterocycles. The van der Waals surface area contributed by atoms with Gasteiger partial charge in [-0.15, -0.1) is 0 Å². The molecule has 2 aromatic rings. The lowest BCUT2D eigenvalue weighted by Gasteiger charge is -2.23. The van der Waals surface area contributed by atoms with E-state index in [0.29, 0.717) is 17.6 Å². The van der Waals surface area contributed by atoms with Crippen molar-refractivity contribution in [2.75, 3.05) is 4.72 Å². The minimum absolute atomic E-state index is 0.0342. The summed E-state index contributed by atoms with van der Waals surface area (Å²) in [6.07, 6.45) is 4.51. The molecule has 3 atom stereocenters. The molecule has 2 aliphatic carbocycles. The first-order chi connectivity index (χ1) is 11.9. The summed E-state index contributed by atoms with van der Waals surface area (Å²) in [5, 5.41) is 3.57. The summed E-state index contributed by atoms with van der Waals surface area (Å²) in [5.41, 5.74) is 0. The first-order valence-corrected chi connectivity index (χ1v) is 9.81. The lowest BCUT2D eigenvalue weighted by atomic mass is 9.98. The van der Waals surface area contributed by atoms with Gasteiger partial charge in [-0.1, -0.05) is 5.16 Å². The molecule has 1 aromatic carbocycles. The van der Waals surface area contributed by atoms with Gasteiger partial charge in [-0.2, -0.15) is 0 Å². The molecule has 0 spiro atoms. The predicted octanol–water partition coefficient (Wildman–Crippen LogP) is 3.49. The molecule has 0 amide bonds. The molecule has 2 bridgehead atoms.